The first-order valence-electron chi connectivity index (χ1n) is 18.0. The van der Waals surface area contributed by atoms with Gasteiger partial charge >= 0.3 is 23.9 Å². The zero-order valence-corrected chi connectivity index (χ0v) is 32.5. The number of carbonyl (C=O) groups is 4. The summed E-state index contributed by atoms with van der Waals surface area (Å²) in [6, 6.07) is 32.8. The van der Waals surface area contributed by atoms with Gasteiger partial charge in [-0.05, 0) is 77.2 Å². The van der Waals surface area contributed by atoms with Gasteiger partial charge in [0.05, 0.1) is 65.4 Å². The minimum Gasteiger partial charge on any atom is -0.497 e. The number of methoxy groups -OCH3 is 6. The smallest absolute Gasteiger partial charge is 0.340 e. The van der Waals surface area contributed by atoms with Crippen LogP contribution in [0, 0.1) is 0 Å². The van der Waals surface area contributed by atoms with Gasteiger partial charge in [-0.2, -0.15) is 0 Å². The highest BCUT2D eigenvalue weighted by Crippen LogP contribution is 2.42. The summed E-state index contributed by atoms with van der Waals surface area (Å²) in [5.41, 5.74) is 4.50. The standard InChI is InChI=1S/C45H42N2O10/c1-52-32-22-18-30(19-23-32)40-36(44(50)56-5)34(42(48)54-3)38(28-14-9-7-10-15-28)46(40)26-13-27-47-39(29-16-11-8-12-17-29)35(43(49)55-4)37(45(51)57-6)41(47)31-20-24-33(53-2)25-21-31/h7-12,14-25H,13,26-27H2,1-6H3. The first kappa shape index (κ1) is 39.6. The van der Waals surface area contributed by atoms with E-state index in [4.69, 9.17) is 28.4 Å². The molecule has 0 saturated carbocycles. The molecule has 0 fully saturated rings. The Bertz CT molecular complexity index is 2230. The molecule has 0 aliphatic heterocycles. The Labute approximate surface area is 330 Å². The number of carbonyl (C=O) groups excluding carboxylic acids is 4. The van der Waals surface area contributed by atoms with Crippen LogP contribution in [0.4, 0.5) is 0 Å². The van der Waals surface area contributed by atoms with Crippen LogP contribution in [0.15, 0.2) is 109 Å². The average molecular weight is 771 g/mol. The first-order valence-corrected chi connectivity index (χ1v) is 18.0. The number of aromatic nitrogens is 2. The number of ether oxygens (including phenoxy) is 6. The lowest BCUT2D eigenvalue weighted by atomic mass is 10.0. The minimum absolute atomic E-state index is 0.0409. The second kappa shape index (κ2) is 17.6. The Morgan fingerprint density at radius 2 is 0.649 bits per heavy atom. The van der Waals surface area contributed by atoms with Gasteiger partial charge < -0.3 is 37.6 Å². The second-order valence-corrected chi connectivity index (χ2v) is 12.7. The lowest BCUT2D eigenvalue weighted by Crippen LogP contribution is -2.11. The molecule has 2 aromatic heterocycles. The fourth-order valence-corrected chi connectivity index (χ4v) is 7.16. The van der Waals surface area contributed by atoms with Gasteiger partial charge in [0.1, 0.15) is 33.8 Å². The zero-order chi connectivity index (χ0) is 40.6. The summed E-state index contributed by atoms with van der Waals surface area (Å²) >= 11 is 0. The Balaban J connectivity index is 1.63. The Morgan fingerprint density at radius 1 is 0.386 bits per heavy atom. The molecule has 0 aliphatic carbocycles. The third kappa shape index (κ3) is 7.62. The molecular weight excluding hydrogens is 728 g/mol. The molecule has 12 heteroatoms. The van der Waals surface area contributed by atoms with Crippen molar-refractivity contribution in [3.63, 3.8) is 0 Å². The molecule has 6 aromatic rings. The summed E-state index contributed by atoms with van der Waals surface area (Å²) in [5, 5.41) is 0. The summed E-state index contributed by atoms with van der Waals surface area (Å²) in [7, 11) is 8.16. The van der Waals surface area contributed by atoms with E-state index < -0.39 is 23.9 Å². The number of hydrogen-bond acceptors (Lipinski definition) is 10. The highest BCUT2D eigenvalue weighted by atomic mass is 16.5. The lowest BCUT2D eigenvalue weighted by molar-refractivity contribution is 0.0558. The summed E-state index contributed by atoms with van der Waals surface area (Å²) in [4.78, 5) is 55.0. The minimum atomic E-state index is -0.721. The molecule has 12 nitrogen and oxygen atoms in total. The largest absolute Gasteiger partial charge is 0.497 e. The van der Waals surface area contributed by atoms with Crippen molar-refractivity contribution in [2.24, 2.45) is 0 Å². The third-order valence-electron chi connectivity index (χ3n) is 9.67. The number of esters is 4. The van der Waals surface area contributed by atoms with Gasteiger partial charge in [0, 0.05) is 13.1 Å². The monoisotopic (exact) mass is 770 g/mol. The molecule has 0 atom stereocenters. The van der Waals surface area contributed by atoms with Crippen LogP contribution in [-0.4, -0.2) is 75.7 Å². The van der Waals surface area contributed by atoms with Crippen LogP contribution in [0.5, 0.6) is 11.5 Å². The molecule has 292 valence electrons. The van der Waals surface area contributed by atoms with E-state index in [9.17, 15) is 19.2 Å². The molecule has 6 rings (SSSR count). The van der Waals surface area contributed by atoms with Gasteiger partial charge in [-0.25, -0.2) is 19.2 Å². The van der Waals surface area contributed by atoms with Gasteiger partial charge in [0.2, 0.25) is 0 Å². The highest BCUT2D eigenvalue weighted by Gasteiger charge is 2.36. The maximum atomic E-state index is 13.8. The molecule has 0 bridgehead atoms. The van der Waals surface area contributed by atoms with Gasteiger partial charge in [-0.1, -0.05) is 60.7 Å². The molecule has 0 aliphatic rings. The normalized spacial score (nSPS) is 10.8. The fraction of sp³-hybridized carbons (Fsp3) is 0.200. The number of hydrogen-bond donors (Lipinski definition) is 0. The topological polar surface area (TPSA) is 134 Å². The van der Waals surface area contributed by atoms with Crippen LogP contribution in [0.3, 0.4) is 0 Å². The number of nitrogens with zero attached hydrogens (tertiary/aromatic N) is 2. The summed E-state index contributed by atoms with van der Waals surface area (Å²) < 4.78 is 35.9. The maximum absolute atomic E-state index is 13.8. The predicted molar refractivity (Wildman–Crippen MR) is 214 cm³/mol. The molecule has 0 radical (unpaired) electrons. The molecule has 0 amide bonds. The zero-order valence-electron chi connectivity index (χ0n) is 32.5. The van der Waals surface area contributed by atoms with Crippen molar-refractivity contribution < 1.29 is 47.6 Å². The Morgan fingerprint density at radius 3 is 0.895 bits per heavy atom. The van der Waals surface area contributed by atoms with Crippen molar-refractivity contribution in [3.8, 4) is 56.5 Å². The van der Waals surface area contributed by atoms with E-state index in [0.717, 1.165) is 0 Å². The van der Waals surface area contributed by atoms with Gasteiger partial charge in [0.15, 0.2) is 0 Å². The summed E-state index contributed by atoms with van der Waals surface area (Å²) in [6.07, 6.45) is 0.359. The van der Waals surface area contributed by atoms with Crippen molar-refractivity contribution in [1.29, 1.82) is 0 Å². The fourth-order valence-electron chi connectivity index (χ4n) is 7.16. The van der Waals surface area contributed by atoms with E-state index in [1.165, 1.54) is 28.4 Å². The van der Waals surface area contributed by atoms with E-state index in [-0.39, 0.29) is 35.3 Å². The van der Waals surface area contributed by atoms with E-state index in [1.807, 2.05) is 69.8 Å². The van der Waals surface area contributed by atoms with Crippen molar-refractivity contribution >= 4 is 23.9 Å². The van der Waals surface area contributed by atoms with E-state index in [2.05, 4.69) is 0 Å². The highest BCUT2D eigenvalue weighted by molar-refractivity contribution is 6.13. The Kier molecular flexibility index (Phi) is 12.2. The Hall–Kier alpha value is -7.08. The van der Waals surface area contributed by atoms with Gasteiger partial charge in [-0.15, -0.1) is 0 Å². The molecule has 0 N–H and O–H groups in total. The second-order valence-electron chi connectivity index (χ2n) is 12.7. The van der Waals surface area contributed by atoms with E-state index >= 15 is 0 Å². The predicted octanol–water partition coefficient (Wildman–Crippen LogP) is 8.21. The molecule has 0 unspecified atom stereocenters. The van der Waals surface area contributed by atoms with E-state index in [1.54, 1.807) is 62.8 Å². The van der Waals surface area contributed by atoms with Crippen molar-refractivity contribution in [2.75, 3.05) is 42.7 Å². The molecular formula is C45H42N2O10. The van der Waals surface area contributed by atoms with E-state index in [0.29, 0.717) is 62.9 Å². The maximum Gasteiger partial charge on any atom is 0.340 e. The van der Waals surface area contributed by atoms with Crippen LogP contribution in [0.2, 0.25) is 0 Å². The lowest BCUT2D eigenvalue weighted by Gasteiger charge is -2.18. The SMILES string of the molecule is COC(=O)c1c(C(=O)OC)c(-c2ccc(OC)cc2)n(CCCn2c(-c3ccccc3)c(C(=O)OC)c(C(=O)OC)c2-c2ccc(OC)cc2)c1-c1ccccc1. The van der Waals surface area contributed by atoms with Crippen LogP contribution >= 0.6 is 0 Å². The molecule has 0 saturated heterocycles. The number of rotatable bonds is 14. The molecule has 57 heavy (non-hydrogen) atoms. The third-order valence-corrected chi connectivity index (χ3v) is 9.67. The van der Waals surface area contributed by atoms with Crippen LogP contribution in [-0.2, 0) is 32.0 Å². The summed E-state index contributed by atoms with van der Waals surface area (Å²) in [6.45, 7) is 0.477. The molecule has 2 heterocycles. The molecule has 0 spiro atoms. The molecule has 4 aromatic carbocycles. The quantitative estimate of drug-likeness (QED) is 0.0788. The first-order chi connectivity index (χ1) is 27.7. The van der Waals surface area contributed by atoms with Crippen molar-refractivity contribution in [3.05, 3.63) is 131 Å². The van der Waals surface area contributed by atoms with Crippen molar-refractivity contribution in [1.82, 2.24) is 9.13 Å². The average Bonchev–Trinajstić information content (AvgIpc) is 3.79. The van der Waals surface area contributed by atoms with Crippen LogP contribution in [0.25, 0.3) is 45.0 Å². The van der Waals surface area contributed by atoms with Gasteiger partial charge in [-0.3, -0.25) is 0 Å². The van der Waals surface area contributed by atoms with Crippen LogP contribution < -0.4 is 9.47 Å². The van der Waals surface area contributed by atoms with Gasteiger partial charge in [0.25, 0.3) is 0 Å². The summed E-state index contributed by atoms with van der Waals surface area (Å²) in [5.74, 6) is -1.67. The number of benzene rings is 4. The van der Waals surface area contributed by atoms with Crippen molar-refractivity contribution in [2.45, 2.75) is 19.5 Å². The van der Waals surface area contributed by atoms with Crippen LogP contribution in [0.1, 0.15) is 47.9 Å².